The third-order valence-electron chi connectivity index (χ3n) is 3.37. The summed E-state index contributed by atoms with van der Waals surface area (Å²) in [5.74, 6) is -0.0877. The molecule has 0 saturated heterocycles. The van der Waals surface area contributed by atoms with E-state index in [1.807, 2.05) is 0 Å². The molecular weight excluding hydrogens is 284 g/mol. The molecule has 1 amide bonds. The third kappa shape index (κ3) is 3.19. The van der Waals surface area contributed by atoms with Crippen molar-refractivity contribution >= 4 is 17.6 Å². The van der Waals surface area contributed by atoms with Gasteiger partial charge in [-0.2, -0.15) is 5.26 Å². The number of hydrogen-bond acceptors (Lipinski definition) is 5. The number of phenols is 1. The van der Waals surface area contributed by atoms with Crippen molar-refractivity contribution in [1.29, 1.82) is 5.26 Å². The van der Waals surface area contributed by atoms with Crippen molar-refractivity contribution in [3.63, 3.8) is 0 Å². The van der Waals surface area contributed by atoms with Crippen LogP contribution < -0.4 is 5.32 Å². The average molecular weight is 302 g/mol. The number of anilines is 1. The van der Waals surface area contributed by atoms with Gasteiger partial charge in [0.25, 0.3) is 0 Å². The van der Waals surface area contributed by atoms with E-state index >= 15 is 0 Å². The van der Waals surface area contributed by atoms with Crippen LogP contribution in [-0.2, 0) is 14.9 Å². The Hall–Kier alpha value is -2.55. The number of carbonyl (C=O) groups excluding carboxylic acids is 2. The van der Waals surface area contributed by atoms with Crippen molar-refractivity contribution in [3.8, 4) is 11.8 Å². The fourth-order valence-corrected chi connectivity index (χ4v) is 2.37. The van der Waals surface area contributed by atoms with Gasteiger partial charge in [-0.25, -0.2) is 4.79 Å². The number of amides is 1. The van der Waals surface area contributed by atoms with E-state index in [1.54, 1.807) is 20.8 Å². The van der Waals surface area contributed by atoms with E-state index in [4.69, 9.17) is 4.74 Å². The maximum atomic E-state index is 11.8. The molecule has 1 aromatic rings. The van der Waals surface area contributed by atoms with E-state index in [-0.39, 0.29) is 24.4 Å². The lowest BCUT2D eigenvalue weighted by molar-refractivity contribution is -0.126. The van der Waals surface area contributed by atoms with Crippen LogP contribution in [0, 0.1) is 11.3 Å². The molecule has 0 heterocycles. The summed E-state index contributed by atoms with van der Waals surface area (Å²) in [6.45, 7) is 5.25. The number of nitrogens with zero attached hydrogens (tertiary/aromatic N) is 1. The number of carbonyl (C=O) groups is 2. The van der Waals surface area contributed by atoms with Gasteiger partial charge in [0.2, 0.25) is 0 Å². The topological polar surface area (TPSA) is 99.4 Å². The first-order valence-corrected chi connectivity index (χ1v) is 6.92. The zero-order valence-corrected chi connectivity index (χ0v) is 12.8. The van der Waals surface area contributed by atoms with Crippen LogP contribution in [0.3, 0.4) is 0 Å². The number of hydrogen-bond donors (Lipinski definition) is 2. The summed E-state index contributed by atoms with van der Waals surface area (Å²) in [6, 6.07) is 6.51. The van der Waals surface area contributed by atoms with E-state index in [9.17, 15) is 20.0 Å². The van der Waals surface area contributed by atoms with Crippen LogP contribution in [0.5, 0.6) is 5.75 Å². The molecule has 6 nitrogen and oxygen atoms in total. The number of nitrogens with one attached hydrogen (secondary N) is 1. The van der Waals surface area contributed by atoms with Gasteiger partial charge in [-0.05, 0) is 39.0 Å². The Morgan fingerprint density at radius 3 is 2.55 bits per heavy atom. The lowest BCUT2D eigenvalue weighted by Gasteiger charge is -2.34. The van der Waals surface area contributed by atoms with Crippen molar-refractivity contribution in [2.45, 2.75) is 44.6 Å². The number of nitriles is 1. The number of rotatable bonds is 2. The molecule has 0 spiro atoms. The molecule has 0 bridgehead atoms. The Kier molecular flexibility index (Phi) is 3.84. The lowest BCUT2D eigenvalue weighted by Crippen LogP contribution is -2.40. The summed E-state index contributed by atoms with van der Waals surface area (Å²) >= 11 is 0. The molecule has 0 radical (unpaired) electrons. The molecule has 1 aliphatic carbocycles. The summed E-state index contributed by atoms with van der Waals surface area (Å²) in [4.78, 5) is 23.0. The van der Waals surface area contributed by atoms with Gasteiger partial charge < -0.3 is 9.84 Å². The summed E-state index contributed by atoms with van der Waals surface area (Å²) in [5.41, 5.74) is -0.885. The molecule has 0 unspecified atom stereocenters. The van der Waals surface area contributed by atoms with Crippen LogP contribution in [0.15, 0.2) is 18.2 Å². The minimum atomic E-state index is -1.01. The molecular formula is C16H18N2O4. The van der Waals surface area contributed by atoms with Crippen molar-refractivity contribution in [3.05, 3.63) is 23.8 Å². The highest BCUT2D eigenvalue weighted by Gasteiger charge is 2.47. The monoisotopic (exact) mass is 302 g/mol. The first-order valence-electron chi connectivity index (χ1n) is 6.92. The molecule has 1 aliphatic rings. The number of aromatic hydroxyl groups is 1. The summed E-state index contributed by atoms with van der Waals surface area (Å²) < 4.78 is 5.15. The van der Waals surface area contributed by atoms with Crippen molar-refractivity contribution in [1.82, 2.24) is 0 Å². The maximum absolute atomic E-state index is 11.8. The first-order chi connectivity index (χ1) is 10.1. The van der Waals surface area contributed by atoms with Crippen LogP contribution in [0.25, 0.3) is 0 Å². The Bertz CT molecular complexity index is 660. The largest absolute Gasteiger partial charge is 0.508 e. The zero-order valence-electron chi connectivity index (χ0n) is 12.8. The lowest BCUT2D eigenvalue weighted by atomic mass is 9.64. The fourth-order valence-electron chi connectivity index (χ4n) is 2.37. The minimum Gasteiger partial charge on any atom is -0.508 e. The Morgan fingerprint density at radius 1 is 1.41 bits per heavy atom. The predicted molar refractivity (Wildman–Crippen MR) is 79.5 cm³/mol. The molecule has 2 rings (SSSR count). The molecule has 22 heavy (non-hydrogen) atoms. The van der Waals surface area contributed by atoms with Crippen molar-refractivity contribution < 1.29 is 19.4 Å². The SMILES string of the molecule is CC(C)(C)OC(=O)Nc1ccc(O)c(C2(C#N)CC(=O)C2)c1. The van der Waals surface area contributed by atoms with Gasteiger partial charge >= 0.3 is 6.09 Å². The standard InChI is InChI=1S/C16H18N2O4/c1-15(2,3)22-14(21)18-10-4-5-13(20)12(6-10)16(9-17)7-11(19)8-16/h4-6,20H,7-8H2,1-3H3,(H,18,21). The number of Topliss-reactive ketones (excluding diaryl/α,β-unsaturated/α-hetero) is 1. The van der Waals surface area contributed by atoms with E-state index in [0.717, 1.165) is 0 Å². The normalized spacial score (nSPS) is 16.4. The Balaban J connectivity index is 2.23. The number of phenolic OH excluding ortho intramolecular Hbond substituents is 1. The number of ketones is 1. The smallest absolute Gasteiger partial charge is 0.412 e. The minimum absolute atomic E-state index is 0.0218. The predicted octanol–water partition coefficient (Wildman–Crippen LogP) is 2.86. The highest BCUT2D eigenvalue weighted by molar-refractivity contribution is 5.91. The summed E-state index contributed by atoms with van der Waals surface area (Å²) in [7, 11) is 0. The second-order valence-electron chi connectivity index (χ2n) is 6.44. The second kappa shape index (κ2) is 5.34. The Labute approximate surface area is 128 Å². The van der Waals surface area contributed by atoms with Gasteiger partial charge in [-0.3, -0.25) is 10.1 Å². The average Bonchev–Trinajstić information content (AvgIpc) is 2.35. The third-order valence-corrected chi connectivity index (χ3v) is 3.37. The van der Waals surface area contributed by atoms with Crippen LogP contribution in [0.1, 0.15) is 39.2 Å². The fraction of sp³-hybridized carbons (Fsp3) is 0.438. The highest BCUT2D eigenvalue weighted by Crippen LogP contribution is 2.45. The van der Waals surface area contributed by atoms with Crippen molar-refractivity contribution in [2.75, 3.05) is 5.32 Å². The molecule has 116 valence electrons. The first kappa shape index (κ1) is 15.8. The molecule has 1 fully saturated rings. The van der Waals surface area contributed by atoms with Crippen LogP contribution in [0.2, 0.25) is 0 Å². The van der Waals surface area contributed by atoms with Crippen LogP contribution >= 0.6 is 0 Å². The molecule has 2 N–H and O–H groups in total. The maximum Gasteiger partial charge on any atom is 0.412 e. The van der Waals surface area contributed by atoms with E-state index < -0.39 is 17.1 Å². The molecule has 1 saturated carbocycles. The molecule has 0 aromatic heterocycles. The molecule has 0 atom stereocenters. The molecule has 0 aliphatic heterocycles. The van der Waals surface area contributed by atoms with E-state index in [1.165, 1.54) is 18.2 Å². The van der Waals surface area contributed by atoms with Gasteiger partial charge in [0.15, 0.2) is 0 Å². The number of ether oxygens (including phenoxy) is 1. The van der Waals surface area contributed by atoms with E-state index in [0.29, 0.717) is 11.3 Å². The van der Waals surface area contributed by atoms with E-state index in [2.05, 4.69) is 11.4 Å². The zero-order chi connectivity index (χ0) is 16.5. The molecule has 6 heteroatoms. The van der Waals surface area contributed by atoms with Gasteiger partial charge in [0.05, 0.1) is 11.5 Å². The van der Waals surface area contributed by atoms with Gasteiger partial charge in [-0.1, -0.05) is 0 Å². The van der Waals surface area contributed by atoms with Crippen LogP contribution in [-0.4, -0.2) is 22.6 Å². The van der Waals surface area contributed by atoms with Crippen molar-refractivity contribution in [2.24, 2.45) is 0 Å². The highest BCUT2D eigenvalue weighted by atomic mass is 16.6. The quantitative estimate of drug-likeness (QED) is 0.818. The molecule has 1 aromatic carbocycles. The summed E-state index contributed by atoms with van der Waals surface area (Å²) in [6.07, 6.45) is -0.472. The van der Waals surface area contributed by atoms with Crippen LogP contribution in [0.4, 0.5) is 10.5 Å². The second-order valence-corrected chi connectivity index (χ2v) is 6.44. The Morgan fingerprint density at radius 2 is 2.05 bits per heavy atom. The number of benzene rings is 1. The van der Waals surface area contributed by atoms with Gasteiger partial charge in [0.1, 0.15) is 17.1 Å². The van der Waals surface area contributed by atoms with Gasteiger partial charge in [0, 0.05) is 24.1 Å². The summed E-state index contributed by atoms with van der Waals surface area (Å²) in [5, 5.41) is 21.9. The van der Waals surface area contributed by atoms with Gasteiger partial charge in [-0.15, -0.1) is 0 Å².